The largest absolute Gasteiger partial charge is 0.394 e. The van der Waals surface area contributed by atoms with Crippen molar-refractivity contribution in [2.45, 2.75) is 369 Å². The Morgan fingerprint density at radius 2 is 0.700 bits per heavy atom. The summed E-state index contributed by atoms with van der Waals surface area (Å²) < 4.78 is 34.4. The third kappa shape index (κ3) is 40.6. The van der Waals surface area contributed by atoms with E-state index in [2.05, 4.69) is 116 Å². The quantitative estimate of drug-likeness (QED) is 0.0199. The maximum Gasteiger partial charge on any atom is 0.220 e. The monoisotopic (exact) mass is 1410 g/mol. The maximum absolute atomic E-state index is 13.5. The lowest BCUT2D eigenvalue weighted by Crippen LogP contribution is -2.66. The number of rotatable bonds is 60. The van der Waals surface area contributed by atoms with Crippen LogP contribution in [0.4, 0.5) is 0 Å². The SMILES string of the molecule is CC/C=C\C/C=C\C/C=C\C/C=C\C/C=C\C/C=C\C/C=C\CCCCCCCCCCCCCCCCCC(=O)NC(COC1OC(CO)C(OC2OC(CO)C(OC3OC(CO)C(O)C(O)C3O)C(O)C2O)C(O)C1O)C(O)/C=C/CC/C=C/CCCCCCCCCCCCCC. The second-order valence-corrected chi connectivity index (χ2v) is 27.4. The maximum atomic E-state index is 13.5. The number of hydrogen-bond acceptors (Lipinski definition) is 18. The molecule has 576 valence electrons. The molecule has 17 atom stereocenters. The number of allylic oxidation sites excluding steroid dienone is 17. The number of amides is 1. The van der Waals surface area contributed by atoms with Crippen LogP contribution in [0.2, 0.25) is 0 Å². The number of nitrogens with one attached hydrogen (secondary N) is 1. The molecular weight excluding hydrogens is 1270 g/mol. The van der Waals surface area contributed by atoms with Crippen LogP contribution in [0.3, 0.4) is 0 Å². The summed E-state index contributed by atoms with van der Waals surface area (Å²) in [6.07, 6.45) is 56.4. The Hall–Kier alpha value is -3.55. The minimum atomic E-state index is -1.98. The molecule has 0 aromatic carbocycles. The van der Waals surface area contributed by atoms with Gasteiger partial charge in [-0.2, -0.15) is 0 Å². The van der Waals surface area contributed by atoms with E-state index in [0.717, 1.165) is 89.9 Å². The molecule has 0 bridgehead atoms. The molecule has 17 unspecified atom stereocenters. The second kappa shape index (κ2) is 60.7. The topological polar surface area (TPSA) is 307 Å². The van der Waals surface area contributed by atoms with E-state index in [9.17, 15) is 61.0 Å². The molecule has 0 aromatic heterocycles. The van der Waals surface area contributed by atoms with Crippen molar-refractivity contribution in [3.8, 4) is 0 Å². The van der Waals surface area contributed by atoms with Crippen LogP contribution in [0.5, 0.6) is 0 Å². The zero-order chi connectivity index (χ0) is 72.5. The number of aliphatic hydroxyl groups excluding tert-OH is 11. The molecule has 100 heavy (non-hydrogen) atoms. The van der Waals surface area contributed by atoms with Gasteiger partial charge in [0.15, 0.2) is 18.9 Å². The minimum absolute atomic E-state index is 0.230. The number of hydrogen-bond donors (Lipinski definition) is 12. The first kappa shape index (κ1) is 90.7. The van der Waals surface area contributed by atoms with Crippen molar-refractivity contribution in [1.82, 2.24) is 5.32 Å². The Labute approximate surface area is 602 Å². The van der Waals surface area contributed by atoms with Gasteiger partial charge in [-0.05, 0) is 89.9 Å². The highest BCUT2D eigenvalue weighted by Crippen LogP contribution is 2.33. The van der Waals surface area contributed by atoms with Gasteiger partial charge in [0.05, 0.1) is 38.6 Å². The standard InChI is InChI=1S/C81H139NO18/c1-3-5-7-9-11-13-15-17-19-21-23-24-25-26-27-28-29-30-31-32-33-34-35-36-37-38-39-40-41-43-45-47-49-51-53-55-57-59-69(87)82-64(65(86)58-56-54-52-50-48-46-44-42-22-20-18-16-14-12-10-8-6-4-2)63-95-79-75(93)72(90)77(67(61-84)97-79)100-81-76(94)73(91)78(68(62-85)98-81)99-80-74(92)71(89)70(88)66(60-83)96-80/h5,7,11,13,17,19,23-24,26-27,29-30,32-33,48,50,56,58,64-68,70-81,83-86,88-94H,3-4,6,8-10,12,14-16,18,20-22,25,28,31,34-47,49,51-55,57,59-63H2,1-2H3,(H,82,87)/b7-5-,13-11-,19-17-,24-23-,27-26-,30-29-,33-32-,50-48+,58-56+. The van der Waals surface area contributed by atoms with Crippen molar-refractivity contribution < 1.29 is 89.4 Å². The summed E-state index contributed by atoms with van der Waals surface area (Å²) in [5, 5.41) is 121. The van der Waals surface area contributed by atoms with Crippen molar-refractivity contribution in [1.29, 1.82) is 0 Å². The normalized spacial score (nSPS) is 27.1. The van der Waals surface area contributed by atoms with Gasteiger partial charge in [0.1, 0.15) is 73.2 Å². The Morgan fingerprint density at radius 1 is 0.370 bits per heavy atom. The van der Waals surface area contributed by atoms with E-state index < -0.39 is 124 Å². The van der Waals surface area contributed by atoms with Gasteiger partial charge in [0.25, 0.3) is 0 Å². The predicted molar refractivity (Wildman–Crippen MR) is 397 cm³/mol. The molecule has 0 aromatic rings. The van der Waals surface area contributed by atoms with E-state index in [1.165, 1.54) is 141 Å². The van der Waals surface area contributed by atoms with Crippen molar-refractivity contribution in [2.24, 2.45) is 0 Å². The minimum Gasteiger partial charge on any atom is -0.394 e. The van der Waals surface area contributed by atoms with Crippen molar-refractivity contribution in [3.05, 3.63) is 109 Å². The van der Waals surface area contributed by atoms with Gasteiger partial charge in [-0.15, -0.1) is 0 Å². The average Bonchev–Trinajstić information content (AvgIpc) is 0.783. The molecule has 3 aliphatic heterocycles. The molecule has 0 spiro atoms. The molecule has 1 amide bonds. The van der Waals surface area contributed by atoms with E-state index >= 15 is 0 Å². The molecule has 3 heterocycles. The van der Waals surface area contributed by atoms with Crippen molar-refractivity contribution in [2.75, 3.05) is 26.4 Å². The van der Waals surface area contributed by atoms with Crippen LogP contribution in [0.1, 0.15) is 264 Å². The summed E-state index contributed by atoms with van der Waals surface area (Å²) in [6.45, 7) is 1.61. The summed E-state index contributed by atoms with van der Waals surface area (Å²) in [6, 6.07) is -0.996. The van der Waals surface area contributed by atoms with Crippen LogP contribution in [0, 0.1) is 0 Å². The summed E-state index contributed by atoms with van der Waals surface area (Å²) in [5.74, 6) is -0.288. The smallest absolute Gasteiger partial charge is 0.220 e. The van der Waals surface area contributed by atoms with E-state index in [4.69, 9.17) is 28.4 Å². The van der Waals surface area contributed by atoms with Crippen LogP contribution < -0.4 is 5.32 Å². The van der Waals surface area contributed by atoms with Gasteiger partial charge >= 0.3 is 0 Å². The van der Waals surface area contributed by atoms with E-state index in [0.29, 0.717) is 12.8 Å². The van der Waals surface area contributed by atoms with E-state index in [1.54, 1.807) is 6.08 Å². The molecule has 3 aliphatic rings. The molecule has 3 fully saturated rings. The lowest BCUT2D eigenvalue weighted by atomic mass is 9.96. The zero-order valence-corrected chi connectivity index (χ0v) is 61.4. The Kier molecular flexibility index (Phi) is 55.0. The number of ether oxygens (including phenoxy) is 6. The molecule has 12 N–H and O–H groups in total. The first-order valence-corrected chi connectivity index (χ1v) is 39.1. The molecule has 19 heteroatoms. The number of carbonyl (C=O) groups is 1. The third-order valence-electron chi connectivity index (χ3n) is 18.8. The fourth-order valence-corrected chi connectivity index (χ4v) is 12.5. The van der Waals surface area contributed by atoms with Gasteiger partial charge in [-0.1, -0.05) is 277 Å². The number of unbranched alkanes of at least 4 members (excludes halogenated alkanes) is 28. The van der Waals surface area contributed by atoms with Gasteiger partial charge in [-0.3, -0.25) is 4.79 Å². The average molecular weight is 1410 g/mol. The summed E-state index contributed by atoms with van der Waals surface area (Å²) in [4.78, 5) is 13.5. The lowest BCUT2D eigenvalue weighted by Gasteiger charge is -2.48. The highest BCUT2D eigenvalue weighted by Gasteiger charge is 2.53. The van der Waals surface area contributed by atoms with Crippen molar-refractivity contribution in [3.63, 3.8) is 0 Å². The predicted octanol–water partition coefficient (Wildman–Crippen LogP) is 12.6. The molecule has 3 saturated heterocycles. The van der Waals surface area contributed by atoms with Gasteiger partial charge in [0, 0.05) is 6.42 Å². The van der Waals surface area contributed by atoms with E-state index in [-0.39, 0.29) is 18.9 Å². The van der Waals surface area contributed by atoms with Crippen LogP contribution in [0.15, 0.2) is 109 Å². The Morgan fingerprint density at radius 3 is 1.12 bits per heavy atom. The molecular formula is C81H139NO18. The summed E-state index contributed by atoms with van der Waals surface area (Å²) in [7, 11) is 0. The molecule has 0 radical (unpaired) electrons. The van der Waals surface area contributed by atoms with Crippen LogP contribution in [-0.4, -0.2) is 193 Å². The molecule has 3 rings (SSSR count). The van der Waals surface area contributed by atoms with Crippen LogP contribution >= 0.6 is 0 Å². The lowest BCUT2D eigenvalue weighted by molar-refractivity contribution is -0.379. The number of carbonyl (C=O) groups excluding carboxylic acids is 1. The fraction of sp³-hybridized carbons (Fsp3) is 0.765. The Balaban J connectivity index is 1.35. The summed E-state index contributed by atoms with van der Waals surface area (Å²) in [5.41, 5.74) is 0. The number of aliphatic hydroxyl groups is 11. The first-order valence-electron chi connectivity index (χ1n) is 39.1. The fourth-order valence-electron chi connectivity index (χ4n) is 12.5. The molecule has 19 nitrogen and oxygen atoms in total. The highest BCUT2D eigenvalue weighted by atomic mass is 16.8. The van der Waals surface area contributed by atoms with Crippen LogP contribution in [-0.2, 0) is 33.2 Å². The van der Waals surface area contributed by atoms with Gasteiger partial charge in [-0.25, -0.2) is 0 Å². The first-order chi connectivity index (χ1) is 48.8. The van der Waals surface area contributed by atoms with Gasteiger partial charge in [0.2, 0.25) is 5.91 Å². The second-order valence-electron chi connectivity index (χ2n) is 27.4. The molecule has 0 saturated carbocycles. The zero-order valence-electron chi connectivity index (χ0n) is 61.4. The van der Waals surface area contributed by atoms with E-state index in [1.807, 2.05) is 6.08 Å². The highest BCUT2D eigenvalue weighted by molar-refractivity contribution is 5.76. The van der Waals surface area contributed by atoms with Gasteiger partial charge < -0.3 is 89.9 Å². The van der Waals surface area contributed by atoms with Crippen LogP contribution in [0.25, 0.3) is 0 Å². The van der Waals surface area contributed by atoms with Crippen molar-refractivity contribution >= 4 is 5.91 Å². The summed E-state index contributed by atoms with van der Waals surface area (Å²) >= 11 is 0. The Bertz CT molecular complexity index is 2230. The molecule has 0 aliphatic carbocycles. The third-order valence-corrected chi connectivity index (χ3v) is 18.8.